The molecule has 2 aromatic carbocycles. The minimum absolute atomic E-state index is 0.990. The van der Waals surface area contributed by atoms with Gasteiger partial charge in [0.2, 0.25) is 5.69 Å². The molecule has 4 aromatic rings. The molecule has 2 heterocycles. The first-order valence-corrected chi connectivity index (χ1v) is 8.56. The van der Waals surface area contributed by atoms with Crippen molar-refractivity contribution in [1.29, 1.82) is 0 Å². The highest BCUT2D eigenvalue weighted by molar-refractivity contribution is 9.10. The van der Waals surface area contributed by atoms with E-state index in [-0.39, 0.29) is 0 Å². The van der Waals surface area contributed by atoms with Gasteiger partial charge in [-0.1, -0.05) is 70.2 Å². The van der Waals surface area contributed by atoms with Crippen molar-refractivity contribution in [2.45, 2.75) is 0 Å². The average Bonchev–Trinajstić information content (AvgIpc) is 3.09. The topological polar surface area (TPSA) is 18.0 Å². The van der Waals surface area contributed by atoms with Crippen LogP contribution in [-0.4, -0.2) is 0 Å². The first-order valence-electron chi connectivity index (χ1n) is 7.76. The zero-order valence-corrected chi connectivity index (χ0v) is 14.5. The molecule has 0 atom stereocenters. The summed E-state index contributed by atoms with van der Waals surface area (Å²) in [7, 11) is 0. The monoisotopic (exact) mass is 374 g/mol. The molecule has 0 unspecified atom stereocenters. The highest BCUT2D eigenvalue weighted by Crippen LogP contribution is 2.32. The van der Waals surface area contributed by atoms with Gasteiger partial charge in [-0.2, -0.15) is 10.8 Å². The van der Waals surface area contributed by atoms with E-state index in [0.29, 0.717) is 0 Å². The zero-order valence-electron chi connectivity index (χ0n) is 12.9. The summed E-state index contributed by atoms with van der Waals surface area (Å²) in [4.78, 5) is 4.73. The highest BCUT2D eigenvalue weighted by Gasteiger charge is 2.16. The van der Waals surface area contributed by atoms with Crippen LogP contribution in [0.3, 0.4) is 0 Å². The summed E-state index contributed by atoms with van der Waals surface area (Å²) in [6, 6.07) is 24.7. The molecule has 4 rings (SSSR count). The quantitative estimate of drug-likeness (QED) is 0.460. The first kappa shape index (κ1) is 14.9. The van der Waals surface area contributed by atoms with Crippen LogP contribution < -0.4 is 9.55 Å². The summed E-state index contributed by atoms with van der Waals surface area (Å²) in [5.41, 5.74) is 5.48. The summed E-state index contributed by atoms with van der Waals surface area (Å²) >= 11 is 3.50. The van der Waals surface area contributed by atoms with Crippen molar-refractivity contribution in [1.82, 2.24) is 4.98 Å². The molecule has 0 fully saturated rings. The summed E-state index contributed by atoms with van der Waals surface area (Å²) in [5, 5.41) is 0. The van der Waals surface area contributed by atoms with Crippen molar-refractivity contribution in [3.8, 4) is 28.1 Å². The third-order valence-electron chi connectivity index (χ3n) is 3.98. The van der Waals surface area contributed by atoms with Crippen LogP contribution in [0.15, 0.2) is 95.9 Å². The van der Waals surface area contributed by atoms with Gasteiger partial charge in [0.1, 0.15) is 0 Å². The van der Waals surface area contributed by atoms with Gasteiger partial charge < -0.3 is 4.98 Å². The lowest BCUT2D eigenvalue weighted by Crippen LogP contribution is -2.30. The Morgan fingerprint density at radius 3 is 2.08 bits per heavy atom. The molecule has 0 aliphatic heterocycles. The van der Waals surface area contributed by atoms with E-state index in [1.54, 1.807) is 0 Å². The van der Waals surface area contributed by atoms with Gasteiger partial charge >= 0.3 is 0 Å². The molecule has 0 amide bonds. The van der Waals surface area contributed by atoms with Crippen LogP contribution >= 0.6 is 15.9 Å². The van der Waals surface area contributed by atoms with Gasteiger partial charge in [-0.05, 0) is 23.3 Å². The predicted octanol–water partition coefficient (Wildman–Crippen LogP) is 5.02. The lowest BCUT2D eigenvalue weighted by Gasteiger charge is -2.09. The number of halogens is 1. The Balaban J connectivity index is 1.95. The van der Waals surface area contributed by atoms with Gasteiger partial charge in [0, 0.05) is 22.2 Å². The standard InChI is InChI=1S/C21H15BrN2/c22-18-11-9-16(10-12-18)19-15-23-20(17-7-3-1-4-8-17)21(19)24-13-5-2-6-14-24/h1-15H. The molecule has 3 heteroatoms. The SMILES string of the molecule is Brc1ccc(-c2c[n-]c(-c3ccccc3)c2-[n+]2ccccc2)cc1. The maximum atomic E-state index is 4.73. The third-order valence-corrected chi connectivity index (χ3v) is 4.51. The molecule has 24 heavy (non-hydrogen) atoms. The van der Waals surface area contributed by atoms with Crippen molar-refractivity contribution in [2.24, 2.45) is 0 Å². The van der Waals surface area contributed by atoms with Crippen LogP contribution in [-0.2, 0) is 0 Å². The Bertz CT molecular complexity index is 942. The van der Waals surface area contributed by atoms with Gasteiger partial charge in [-0.25, -0.2) is 0 Å². The Kier molecular flexibility index (Phi) is 4.01. The molecule has 0 aliphatic rings. The second-order valence-corrected chi connectivity index (χ2v) is 6.44. The van der Waals surface area contributed by atoms with Crippen LogP contribution in [0.1, 0.15) is 0 Å². The second-order valence-electron chi connectivity index (χ2n) is 5.52. The Labute approximate surface area is 149 Å². The van der Waals surface area contributed by atoms with E-state index in [4.69, 9.17) is 4.98 Å². The van der Waals surface area contributed by atoms with E-state index in [0.717, 1.165) is 32.5 Å². The summed E-state index contributed by atoms with van der Waals surface area (Å²) < 4.78 is 3.20. The maximum Gasteiger partial charge on any atom is 0.202 e. The first-order chi connectivity index (χ1) is 11.8. The molecule has 0 N–H and O–H groups in total. The van der Waals surface area contributed by atoms with E-state index in [1.165, 1.54) is 0 Å². The highest BCUT2D eigenvalue weighted by atomic mass is 79.9. The van der Waals surface area contributed by atoms with E-state index in [2.05, 4.69) is 69.3 Å². The summed E-state index contributed by atoms with van der Waals surface area (Å²) in [5.74, 6) is 0. The molecular formula is C21H15BrN2. The number of hydrogen-bond donors (Lipinski definition) is 0. The normalized spacial score (nSPS) is 10.7. The summed E-state index contributed by atoms with van der Waals surface area (Å²) in [6.07, 6.45) is 6.08. The van der Waals surface area contributed by atoms with Crippen molar-refractivity contribution in [2.75, 3.05) is 0 Å². The Morgan fingerprint density at radius 2 is 1.38 bits per heavy atom. The number of aromatic nitrogens is 2. The molecule has 0 saturated heterocycles. The average molecular weight is 375 g/mol. The predicted molar refractivity (Wildman–Crippen MR) is 99.9 cm³/mol. The Morgan fingerprint density at radius 1 is 0.708 bits per heavy atom. The fraction of sp³-hybridized carbons (Fsp3) is 0. The fourth-order valence-electron chi connectivity index (χ4n) is 2.84. The van der Waals surface area contributed by atoms with E-state index in [9.17, 15) is 0 Å². The van der Waals surface area contributed by atoms with Crippen molar-refractivity contribution in [3.63, 3.8) is 0 Å². The number of benzene rings is 2. The lowest BCUT2D eigenvalue weighted by atomic mass is 10.0. The molecule has 0 radical (unpaired) electrons. The van der Waals surface area contributed by atoms with Crippen LogP contribution in [0.5, 0.6) is 0 Å². The smallest absolute Gasteiger partial charge is 0.202 e. The van der Waals surface area contributed by atoms with Crippen molar-refractivity contribution < 1.29 is 4.57 Å². The number of pyridine rings is 1. The van der Waals surface area contributed by atoms with E-state index in [1.807, 2.05) is 42.6 Å². The fourth-order valence-corrected chi connectivity index (χ4v) is 3.10. The van der Waals surface area contributed by atoms with E-state index < -0.39 is 0 Å². The van der Waals surface area contributed by atoms with Crippen LogP contribution in [0.4, 0.5) is 0 Å². The minimum atomic E-state index is 0.990. The molecule has 0 bridgehead atoms. The van der Waals surface area contributed by atoms with Gasteiger partial charge in [0.05, 0.1) is 0 Å². The Hall–Kier alpha value is -2.65. The molecular weight excluding hydrogens is 360 g/mol. The van der Waals surface area contributed by atoms with Crippen molar-refractivity contribution >= 4 is 15.9 Å². The molecule has 2 nitrogen and oxygen atoms in total. The van der Waals surface area contributed by atoms with Gasteiger partial charge in [-0.15, -0.1) is 0 Å². The van der Waals surface area contributed by atoms with Crippen LogP contribution in [0.2, 0.25) is 0 Å². The molecule has 0 saturated carbocycles. The van der Waals surface area contributed by atoms with Crippen LogP contribution in [0, 0.1) is 0 Å². The third kappa shape index (κ3) is 2.79. The zero-order chi connectivity index (χ0) is 16.4. The van der Waals surface area contributed by atoms with Gasteiger partial charge in [-0.3, -0.25) is 0 Å². The van der Waals surface area contributed by atoms with Crippen molar-refractivity contribution in [3.05, 3.63) is 95.9 Å². The summed E-state index contributed by atoms with van der Waals surface area (Å²) in [6.45, 7) is 0. The molecule has 2 aromatic heterocycles. The van der Waals surface area contributed by atoms with Gasteiger partial charge in [0.25, 0.3) is 0 Å². The maximum absolute atomic E-state index is 4.73. The molecule has 0 aliphatic carbocycles. The van der Waals surface area contributed by atoms with E-state index >= 15 is 0 Å². The molecule has 0 spiro atoms. The lowest BCUT2D eigenvalue weighted by molar-refractivity contribution is -0.594. The molecule has 116 valence electrons. The minimum Gasteiger partial charge on any atom is -0.658 e. The second kappa shape index (κ2) is 6.46. The van der Waals surface area contributed by atoms with Gasteiger partial charge in [0.15, 0.2) is 12.4 Å². The number of nitrogens with zero attached hydrogens (tertiary/aromatic N) is 2. The largest absolute Gasteiger partial charge is 0.658 e. The number of hydrogen-bond acceptors (Lipinski definition) is 0. The van der Waals surface area contributed by atoms with Crippen LogP contribution in [0.25, 0.3) is 28.1 Å². The number of rotatable bonds is 3.